The summed E-state index contributed by atoms with van der Waals surface area (Å²) >= 11 is 2.73. The number of nitrogens with zero attached hydrogens (tertiary/aromatic N) is 1. The number of carbonyl (C=O) groups is 2. The summed E-state index contributed by atoms with van der Waals surface area (Å²) in [6.45, 7) is 0. The first-order valence-electron chi connectivity index (χ1n) is 12.3. The number of methoxy groups -OCH3 is 1. The first kappa shape index (κ1) is 27.1. The van der Waals surface area contributed by atoms with Crippen molar-refractivity contribution in [3.8, 4) is 17.0 Å². The van der Waals surface area contributed by atoms with Gasteiger partial charge in [0.25, 0.3) is 5.91 Å². The van der Waals surface area contributed by atoms with Gasteiger partial charge in [0, 0.05) is 21.5 Å². The van der Waals surface area contributed by atoms with Crippen molar-refractivity contribution in [2.75, 3.05) is 17.7 Å². The van der Waals surface area contributed by atoms with Crippen LogP contribution in [0.15, 0.2) is 113 Å². The molecule has 5 aromatic rings. The number of benzene rings is 4. The Kier molecular flexibility index (Phi) is 8.53. The van der Waals surface area contributed by atoms with Crippen LogP contribution < -0.4 is 15.4 Å². The molecule has 6 nitrogen and oxygen atoms in total. The number of nitrogens with one attached hydrogen (secondary N) is 2. The van der Waals surface area contributed by atoms with E-state index in [1.165, 1.54) is 41.3 Å². The molecule has 40 heavy (non-hydrogen) atoms. The standard InChI is InChI=1S/C31H24FN3O3S2/c1-38-23-11-7-10-21(18-23)27-19-39-31(34-27)35-30(37)28(20-8-3-2-4-9-20)40-24-16-14-22(15-17-24)33-29(36)25-12-5-6-13-26(25)32/h2-19,28H,1H3,(H,33,36)(H,34,35,37). The van der Waals surface area contributed by atoms with Crippen molar-refractivity contribution < 1.29 is 18.7 Å². The maximum Gasteiger partial charge on any atom is 0.258 e. The van der Waals surface area contributed by atoms with E-state index < -0.39 is 17.0 Å². The van der Waals surface area contributed by atoms with Gasteiger partial charge in [-0.3, -0.25) is 9.59 Å². The lowest BCUT2D eigenvalue weighted by Gasteiger charge is -2.16. The molecule has 0 aliphatic rings. The minimum absolute atomic E-state index is 0.0292. The van der Waals surface area contributed by atoms with Crippen LogP contribution >= 0.6 is 23.1 Å². The Hall–Kier alpha value is -4.47. The Morgan fingerprint density at radius 3 is 2.40 bits per heavy atom. The molecule has 5 rings (SSSR count). The largest absolute Gasteiger partial charge is 0.497 e. The fraction of sp³-hybridized carbons (Fsp3) is 0.0645. The molecular formula is C31H24FN3O3S2. The molecule has 2 amide bonds. The summed E-state index contributed by atoms with van der Waals surface area (Å²) in [5.41, 5.74) is 2.97. The number of carbonyl (C=O) groups excluding carboxylic acids is 2. The van der Waals surface area contributed by atoms with E-state index in [-0.39, 0.29) is 11.5 Å². The van der Waals surface area contributed by atoms with Gasteiger partial charge in [-0.25, -0.2) is 9.37 Å². The summed E-state index contributed by atoms with van der Waals surface area (Å²) in [4.78, 5) is 31.4. The van der Waals surface area contributed by atoms with E-state index >= 15 is 0 Å². The average Bonchev–Trinajstić information content (AvgIpc) is 3.46. The van der Waals surface area contributed by atoms with Crippen LogP contribution in [0, 0.1) is 5.82 Å². The zero-order chi connectivity index (χ0) is 27.9. The van der Waals surface area contributed by atoms with E-state index in [0.717, 1.165) is 27.5 Å². The Labute approximate surface area is 239 Å². The summed E-state index contributed by atoms with van der Waals surface area (Å²) in [6, 6.07) is 30.0. The molecule has 0 radical (unpaired) electrons. The minimum atomic E-state index is -0.584. The Bertz CT molecular complexity index is 1620. The fourth-order valence-corrected chi connectivity index (χ4v) is 5.66. The van der Waals surface area contributed by atoms with Crippen molar-refractivity contribution in [2.45, 2.75) is 10.1 Å². The van der Waals surface area contributed by atoms with Crippen LogP contribution in [-0.4, -0.2) is 23.9 Å². The third kappa shape index (κ3) is 6.56. The quantitative estimate of drug-likeness (QED) is 0.178. The zero-order valence-corrected chi connectivity index (χ0v) is 23.0. The second kappa shape index (κ2) is 12.6. The predicted molar refractivity (Wildman–Crippen MR) is 159 cm³/mol. The molecule has 1 atom stereocenters. The van der Waals surface area contributed by atoms with Gasteiger partial charge in [-0.15, -0.1) is 23.1 Å². The van der Waals surface area contributed by atoms with E-state index in [2.05, 4.69) is 15.6 Å². The molecule has 0 saturated carbocycles. The predicted octanol–water partition coefficient (Wildman–Crippen LogP) is 7.68. The lowest BCUT2D eigenvalue weighted by molar-refractivity contribution is -0.115. The molecule has 0 aliphatic heterocycles. The zero-order valence-electron chi connectivity index (χ0n) is 21.3. The molecule has 1 unspecified atom stereocenters. The number of thiazole rings is 1. The summed E-state index contributed by atoms with van der Waals surface area (Å²) in [7, 11) is 1.61. The molecule has 200 valence electrons. The number of halogens is 1. The van der Waals surface area contributed by atoms with E-state index in [9.17, 15) is 14.0 Å². The third-order valence-corrected chi connectivity index (χ3v) is 7.95. The SMILES string of the molecule is COc1cccc(-c2csc(NC(=O)C(Sc3ccc(NC(=O)c4ccccc4F)cc3)c3ccccc3)n2)c1. The van der Waals surface area contributed by atoms with Crippen molar-refractivity contribution in [1.29, 1.82) is 0 Å². The summed E-state index contributed by atoms with van der Waals surface area (Å²) in [5, 5.41) is 7.51. The van der Waals surface area contributed by atoms with Crippen LogP contribution in [0.25, 0.3) is 11.3 Å². The highest BCUT2D eigenvalue weighted by molar-refractivity contribution is 8.00. The first-order chi connectivity index (χ1) is 19.5. The Balaban J connectivity index is 1.30. The van der Waals surface area contributed by atoms with Crippen molar-refractivity contribution in [2.24, 2.45) is 0 Å². The molecule has 0 bridgehead atoms. The molecule has 4 aromatic carbocycles. The highest BCUT2D eigenvalue weighted by Gasteiger charge is 2.23. The van der Waals surface area contributed by atoms with Gasteiger partial charge in [0.1, 0.15) is 16.8 Å². The van der Waals surface area contributed by atoms with Gasteiger partial charge in [0.2, 0.25) is 5.91 Å². The lowest BCUT2D eigenvalue weighted by Crippen LogP contribution is -2.19. The number of anilines is 2. The number of thioether (sulfide) groups is 1. The Morgan fingerprint density at radius 2 is 1.65 bits per heavy atom. The normalized spacial score (nSPS) is 11.4. The molecule has 0 fully saturated rings. The smallest absolute Gasteiger partial charge is 0.258 e. The van der Waals surface area contributed by atoms with Gasteiger partial charge in [0.15, 0.2) is 5.13 Å². The lowest BCUT2D eigenvalue weighted by atomic mass is 10.1. The number of amides is 2. The fourth-order valence-electron chi connectivity index (χ4n) is 3.91. The van der Waals surface area contributed by atoms with Gasteiger partial charge in [-0.1, -0.05) is 54.6 Å². The monoisotopic (exact) mass is 569 g/mol. The molecular weight excluding hydrogens is 545 g/mol. The minimum Gasteiger partial charge on any atom is -0.497 e. The van der Waals surface area contributed by atoms with Gasteiger partial charge in [-0.2, -0.15) is 0 Å². The topological polar surface area (TPSA) is 80.3 Å². The second-order valence-corrected chi connectivity index (χ2v) is 10.7. The maximum absolute atomic E-state index is 14.0. The highest BCUT2D eigenvalue weighted by Crippen LogP contribution is 2.37. The van der Waals surface area contributed by atoms with Crippen molar-refractivity contribution in [1.82, 2.24) is 4.98 Å². The summed E-state index contributed by atoms with van der Waals surface area (Å²) in [5.74, 6) is -0.592. The number of hydrogen-bond acceptors (Lipinski definition) is 6. The molecule has 0 aliphatic carbocycles. The van der Waals surface area contributed by atoms with Crippen molar-refractivity contribution in [3.05, 3.63) is 125 Å². The van der Waals surface area contributed by atoms with Gasteiger partial charge < -0.3 is 15.4 Å². The van der Waals surface area contributed by atoms with Crippen LogP contribution in [0.4, 0.5) is 15.2 Å². The molecule has 2 N–H and O–H groups in total. The van der Waals surface area contributed by atoms with E-state index in [0.29, 0.717) is 10.8 Å². The van der Waals surface area contributed by atoms with E-state index in [1.807, 2.05) is 72.1 Å². The molecule has 0 saturated heterocycles. The Morgan fingerprint density at radius 1 is 0.900 bits per heavy atom. The molecule has 9 heteroatoms. The summed E-state index contributed by atoms with van der Waals surface area (Å²) < 4.78 is 19.3. The van der Waals surface area contributed by atoms with Gasteiger partial charge in [0.05, 0.1) is 18.4 Å². The van der Waals surface area contributed by atoms with Crippen LogP contribution in [0.1, 0.15) is 21.2 Å². The molecule has 0 spiro atoms. The van der Waals surface area contributed by atoms with Crippen LogP contribution in [0.3, 0.4) is 0 Å². The number of aromatic nitrogens is 1. The number of hydrogen-bond donors (Lipinski definition) is 2. The molecule has 1 heterocycles. The van der Waals surface area contributed by atoms with Gasteiger partial charge in [-0.05, 0) is 54.1 Å². The second-order valence-electron chi connectivity index (χ2n) is 8.63. The van der Waals surface area contributed by atoms with E-state index in [1.54, 1.807) is 25.3 Å². The number of ether oxygens (including phenoxy) is 1. The van der Waals surface area contributed by atoms with Crippen molar-refractivity contribution >= 4 is 45.7 Å². The average molecular weight is 570 g/mol. The maximum atomic E-state index is 14.0. The third-order valence-electron chi connectivity index (χ3n) is 5.92. The number of rotatable bonds is 9. The summed E-state index contributed by atoms with van der Waals surface area (Å²) in [6.07, 6.45) is 0. The van der Waals surface area contributed by atoms with Crippen LogP contribution in [0.2, 0.25) is 0 Å². The highest BCUT2D eigenvalue weighted by atomic mass is 32.2. The van der Waals surface area contributed by atoms with Crippen LogP contribution in [0.5, 0.6) is 5.75 Å². The molecule has 1 aromatic heterocycles. The first-order valence-corrected chi connectivity index (χ1v) is 14.0. The van der Waals surface area contributed by atoms with Gasteiger partial charge >= 0.3 is 0 Å². The van der Waals surface area contributed by atoms with Crippen LogP contribution in [-0.2, 0) is 4.79 Å². The van der Waals surface area contributed by atoms with Crippen molar-refractivity contribution in [3.63, 3.8) is 0 Å². The van der Waals surface area contributed by atoms with E-state index in [4.69, 9.17) is 4.74 Å².